The molecule has 1 amide bonds. The fraction of sp³-hybridized carbons (Fsp3) is 0.941. The van der Waals surface area contributed by atoms with Crippen molar-refractivity contribution in [3.8, 4) is 0 Å². The highest BCUT2D eigenvalue weighted by Gasteiger charge is 2.35. The number of hydrogen-bond donors (Lipinski definition) is 1. The normalized spacial score (nSPS) is 28.9. The molecule has 2 fully saturated rings. The first-order chi connectivity index (χ1) is 10.9. The zero-order valence-corrected chi connectivity index (χ0v) is 15.0. The zero-order chi connectivity index (χ0) is 16.9. The van der Waals surface area contributed by atoms with Crippen molar-refractivity contribution in [2.45, 2.75) is 63.7 Å². The molecule has 2 aliphatic heterocycles. The van der Waals surface area contributed by atoms with E-state index in [1.165, 1.54) is 0 Å². The maximum absolute atomic E-state index is 12.4. The van der Waals surface area contributed by atoms with Crippen molar-refractivity contribution in [2.75, 3.05) is 40.0 Å². The van der Waals surface area contributed by atoms with Crippen molar-refractivity contribution in [2.24, 2.45) is 0 Å². The van der Waals surface area contributed by atoms with Crippen LogP contribution < -0.4 is 5.32 Å². The molecule has 2 atom stereocenters. The highest BCUT2D eigenvalue weighted by Crippen LogP contribution is 2.23. The number of likely N-dealkylation sites (tertiary alicyclic amines) is 1. The molecule has 2 aliphatic rings. The van der Waals surface area contributed by atoms with E-state index in [2.05, 4.69) is 5.32 Å². The third kappa shape index (κ3) is 5.33. The molecule has 0 aliphatic carbocycles. The standard InChI is InChI=1S/C17H32N2O4/c1-16(2,3)23-15(20)19-9-6-5-7-14(19)11-18-12-17(21-4)8-10-22-13-17/h14,18H,5-13H2,1-4H3. The first-order valence-electron chi connectivity index (χ1n) is 8.68. The molecule has 0 bridgehead atoms. The highest BCUT2D eigenvalue weighted by molar-refractivity contribution is 5.68. The van der Waals surface area contributed by atoms with Crippen LogP contribution in [0.2, 0.25) is 0 Å². The maximum Gasteiger partial charge on any atom is 0.410 e. The zero-order valence-electron chi connectivity index (χ0n) is 15.0. The molecule has 0 aromatic rings. The lowest BCUT2D eigenvalue weighted by atomic mass is 10.0. The Balaban J connectivity index is 1.85. The van der Waals surface area contributed by atoms with E-state index in [1.807, 2.05) is 25.7 Å². The number of rotatable bonds is 5. The van der Waals surface area contributed by atoms with Gasteiger partial charge in [0.05, 0.1) is 6.61 Å². The smallest absolute Gasteiger partial charge is 0.410 e. The number of carbonyl (C=O) groups is 1. The predicted octanol–water partition coefficient (Wildman–Crippen LogP) is 2.17. The molecule has 134 valence electrons. The van der Waals surface area contributed by atoms with Crippen molar-refractivity contribution < 1.29 is 19.0 Å². The topological polar surface area (TPSA) is 60.0 Å². The van der Waals surface area contributed by atoms with Gasteiger partial charge in [-0.05, 0) is 40.0 Å². The summed E-state index contributed by atoms with van der Waals surface area (Å²) in [6.45, 7) is 9.41. The molecule has 6 nitrogen and oxygen atoms in total. The average molecular weight is 328 g/mol. The van der Waals surface area contributed by atoms with Gasteiger partial charge < -0.3 is 24.4 Å². The molecule has 0 aromatic heterocycles. The molecule has 0 spiro atoms. The van der Waals surface area contributed by atoms with Gasteiger partial charge in [-0.25, -0.2) is 4.79 Å². The quantitative estimate of drug-likeness (QED) is 0.838. The molecule has 1 N–H and O–H groups in total. The molecule has 0 aromatic carbocycles. The van der Waals surface area contributed by atoms with E-state index < -0.39 is 5.60 Å². The van der Waals surface area contributed by atoms with Gasteiger partial charge in [-0.3, -0.25) is 0 Å². The number of nitrogens with zero attached hydrogens (tertiary/aromatic N) is 1. The summed E-state index contributed by atoms with van der Waals surface area (Å²) in [5.74, 6) is 0. The Labute approximate surface area is 139 Å². The predicted molar refractivity (Wildman–Crippen MR) is 88.6 cm³/mol. The SMILES string of the molecule is COC1(CNCC2CCCCN2C(=O)OC(C)(C)C)CCOC1. The van der Waals surface area contributed by atoms with Gasteiger partial charge in [0.15, 0.2) is 0 Å². The second-order valence-corrected chi connectivity index (χ2v) is 7.64. The van der Waals surface area contributed by atoms with Crippen molar-refractivity contribution in [1.29, 1.82) is 0 Å². The minimum atomic E-state index is -0.451. The monoisotopic (exact) mass is 328 g/mol. The van der Waals surface area contributed by atoms with Crippen molar-refractivity contribution in [3.05, 3.63) is 0 Å². The minimum Gasteiger partial charge on any atom is -0.444 e. The number of ether oxygens (including phenoxy) is 3. The Kier molecular flexibility index (Phi) is 6.28. The summed E-state index contributed by atoms with van der Waals surface area (Å²) in [6.07, 6.45) is 3.93. The van der Waals surface area contributed by atoms with Gasteiger partial charge in [0.2, 0.25) is 0 Å². The Morgan fingerprint density at radius 3 is 2.78 bits per heavy atom. The molecule has 6 heteroatoms. The number of carbonyl (C=O) groups excluding carboxylic acids is 1. The lowest BCUT2D eigenvalue weighted by Gasteiger charge is -2.37. The van der Waals surface area contributed by atoms with Crippen LogP contribution >= 0.6 is 0 Å². The molecule has 0 radical (unpaired) electrons. The molecule has 0 saturated carbocycles. The average Bonchev–Trinajstić information content (AvgIpc) is 2.95. The van der Waals surface area contributed by atoms with Crippen LogP contribution in [0.1, 0.15) is 46.5 Å². The largest absolute Gasteiger partial charge is 0.444 e. The van der Waals surface area contributed by atoms with Crippen LogP contribution in [-0.4, -0.2) is 68.2 Å². The molecule has 2 rings (SSSR count). The fourth-order valence-corrected chi connectivity index (χ4v) is 3.20. The summed E-state index contributed by atoms with van der Waals surface area (Å²) in [4.78, 5) is 14.3. The summed E-state index contributed by atoms with van der Waals surface area (Å²) in [6, 6.07) is 0.190. The second kappa shape index (κ2) is 7.81. The van der Waals surface area contributed by atoms with E-state index in [-0.39, 0.29) is 17.7 Å². The summed E-state index contributed by atoms with van der Waals surface area (Å²) < 4.78 is 16.6. The van der Waals surface area contributed by atoms with E-state index in [9.17, 15) is 4.79 Å². The summed E-state index contributed by atoms with van der Waals surface area (Å²) in [5, 5.41) is 3.48. The number of piperidine rings is 1. The third-order valence-corrected chi connectivity index (χ3v) is 4.58. The molecule has 2 saturated heterocycles. The van der Waals surface area contributed by atoms with E-state index in [0.29, 0.717) is 6.61 Å². The van der Waals surface area contributed by atoms with Gasteiger partial charge in [-0.1, -0.05) is 0 Å². The summed E-state index contributed by atoms with van der Waals surface area (Å²) >= 11 is 0. The van der Waals surface area contributed by atoms with E-state index >= 15 is 0 Å². The van der Waals surface area contributed by atoms with E-state index in [0.717, 1.165) is 51.9 Å². The molecular weight excluding hydrogens is 296 g/mol. The Bertz CT molecular complexity index is 389. The molecule has 2 unspecified atom stereocenters. The Morgan fingerprint density at radius 1 is 1.39 bits per heavy atom. The maximum atomic E-state index is 12.4. The third-order valence-electron chi connectivity index (χ3n) is 4.58. The van der Waals surface area contributed by atoms with Crippen LogP contribution in [0.3, 0.4) is 0 Å². The van der Waals surface area contributed by atoms with Gasteiger partial charge in [0.1, 0.15) is 11.2 Å². The number of methoxy groups -OCH3 is 1. The lowest BCUT2D eigenvalue weighted by molar-refractivity contribution is -0.0181. The number of nitrogens with one attached hydrogen (secondary N) is 1. The lowest BCUT2D eigenvalue weighted by Crippen LogP contribution is -2.52. The number of amides is 1. The van der Waals surface area contributed by atoms with Gasteiger partial charge >= 0.3 is 6.09 Å². The Hall–Kier alpha value is -0.850. The Morgan fingerprint density at radius 2 is 2.17 bits per heavy atom. The summed E-state index contributed by atoms with van der Waals surface area (Å²) in [5.41, 5.74) is -0.667. The van der Waals surface area contributed by atoms with Crippen LogP contribution in [0.25, 0.3) is 0 Å². The molecule has 23 heavy (non-hydrogen) atoms. The number of hydrogen-bond acceptors (Lipinski definition) is 5. The minimum absolute atomic E-state index is 0.190. The van der Waals surface area contributed by atoms with Crippen molar-refractivity contribution in [3.63, 3.8) is 0 Å². The fourth-order valence-electron chi connectivity index (χ4n) is 3.20. The van der Waals surface area contributed by atoms with Gasteiger partial charge in [-0.15, -0.1) is 0 Å². The van der Waals surface area contributed by atoms with E-state index in [1.54, 1.807) is 7.11 Å². The van der Waals surface area contributed by atoms with Gasteiger partial charge in [0.25, 0.3) is 0 Å². The van der Waals surface area contributed by atoms with Crippen molar-refractivity contribution >= 4 is 6.09 Å². The molecule has 2 heterocycles. The van der Waals surface area contributed by atoms with Crippen LogP contribution in [0.4, 0.5) is 4.79 Å². The van der Waals surface area contributed by atoms with Crippen LogP contribution in [0, 0.1) is 0 Å². The first kappa shape index (κ1) is 18.5. The van der Waals surface area contributed by atoms with Gasteiger partial charge in [-0.2, -0.15) is 0 Å². The van der Waals surface area contributed by atoms with Crippen molar-refractivity contribution in [1.82, 2.24) is 10.2 Å². The van der Waals surface area contributed by atoms with E-state index in [4.69, 9.17) is 14.2 Å². The molecular formula is C17H32N2O4. The van der Waals surface area contributed by atoms with Crippen LogP contribution in [-0.2, 0) is 14.2 Å². The second-order valence-electron chi connectivity index (χ2n) is 7.64. The van der Waals surface area contributed by atoms with Crippen LogP contribution in [0.5, 0.6) is 0 Å². The van der Waals surface area contributed by atoms with Crippen LogP contribution in [0.15, 0.2) is 0 Å². The highest BCUT2D eigenvalue weighted by atomic mass is 16.6. The first-order valence-corrected chi connectivity index (χ1v) is 8.68. The van der Waals surface area contributed by atoms with Gasteiger partial charge in [0, 0.05) is 45.8 Å². The summed E-state index contributed by atoms with van der Waals surface area (Å²) in [7, 11) is 1.74.